The van der Waals surface area contributed by atoms with Gasteiger partial charge in [-0.05, 0) is 44.2 Å². The molecule has 0 aliphatic rings. The smallest absolute Gasteiger partial charge is 0.246 e. The number of carbonyl (C=O) groups is 1. The molecule has 26 heavy (non-hydrogen) atoms. The molecule has 1 heterocycles. The van der Waals surface area contributed by atoms with Crippen molar-refractivity contribution >= 4 is 29.3 Å². The first kappa shape index (κ1) is 18.5. The summed E-state index contributed by atoms with van der Waals surface area (Å²) in [6, 6.07) is 15.2. The molecule has 1 amide bonds. The van der Waals surface area contributed by atoms with Crippen LogP contribution >= 0.6 is 23.4 Å². The summed E-state index contributed by atoms with van der Waals surface area (Å²) in [5, 5.41) is 7.21. The van der Waals surface area contributed by atoms with Crippen molar-refractivity contribution < 1.29 is 9.32 Å². The molecule has 0 fully saturated rings. The lowest BCUT2D eigenvalue weighted by molar-refractivity contribution is -0.120. The van der Waals surface area contributed by atoms with Gasteiger partial charge in [-0.1, -0.05) is 40.5 Å². The molecule has 134 valence electrons. The van der Waals surface area contributed by atoms with E-state index < -0.39 is 0 Å². The van der Waals surface area contributed by atoms with Crippen molar-refractivity contribution in [2.24, 2.45) is 0 Å². The number of halogens is 1. The number of hydrogen-bond donors (Lipinski definition) is 1. The summed E-state index contributed by atoms with van der Waals surface area (Å²) in [6.07, 6.45) is 0. The maximum atomic E-state index is 12.3. The average Bonchev–Trinajstić information content (AvgIpc) is 3.10. The standard InChI is InChI=1S/C19H18ClN3O2S/c1-12-4-3-5-14(10-12)18-22-17(25-23-18)11-21-19(24)13(2)26-16-8-6-15(20)7-9-16/h3-10,13H,11H2,1-2H3,(H,21,24). The summed E-state index contributed by atoms with van der Waals surface area (Å²) in [5.41, 5.74) is 2.01. The van der Waals surface area contributed by atoms with Gasteiger partial charge in [0.2, 0.25) is 17.6 Å². The highest BCUT2D eigenvalue weighted by Gasteiger charge is 2.16. The minimum atomic E-state index is -0.254. The number of hydrogen-bond acceptors (Lipinski definition) is 5. The molecule has 0 spiro atoms. The van der Waals surface area contributed by atoms with Crippen molar-refractivity contribution in [1.29, 1.82) is 0 Å². The lowest BCUT2D eigenvalue weighted by Crippen LogP contribution is -2.30. The number of nitrogens with zero attached hydrogens (tertiary/aromatic N) is 2. The van der Waals surface area contributed by atoms with Crippen molar-refractivity contribution in [3.05, 3.63) is 65.0 Å². The molecular weight excluding hydrogens is 370 g/mol. The minimum absolute atomic E-state index is 0.0970. The molecule has 3 rings (SSSR count). The molecule has 5 nitrogen and oxygen atoms in total. The van der Waals surface area contributed by atoms with Crippen LogP contribution in [0, 0.1) is 6.92 Å². The first-order valence-corrected chi connectivity index (χ1v) is 9.36. The fourth-order valence-electron chi connectivity index (χ4n) is 2.31. The van der Waals surface area contributed by atoms with E-state index in [2.05, 4.69) is 15.5 Å². The van der Waals surface area contributed by atoms with Crippen molar-refractivity contribution in [2.75, 3.05) is 0 Å². The van der Waals surface area contributed by atoms with E-state index in [0.29, 0.717) is 16.7 Å². The summed E-state index contributed by atoms with van der Waals surface area (Å²) in [5.74, 6) is 0.792. The fraction of sp³-hybridized carbons (Fsp3) is 0.211. The highest BCUT2D eigenvalue weighted by Crippen LogP contribution is 2.24. The van der Waals surface area contributed by atoms with E-state index in [4.69, 9.17) is 16.1 Å². The Labute approximate surface area is 161 Å². The molecule has 7 heteroatoms. The number of carbonyl (C=O) groups excluding carboxylic acids is 1. The SMILES string of the molecule is Cc1cccc(-c2noc(CNC(=O)C(C)Sc3ccc(Cl)cc3)n2)c1. The molecule has 0 saturated heterocycles. The molecule has 0 aliphatic carbocycles. The molecule has 1 unspecified atom stereocenters. The van der Waals surface area contributed by atoms with Gasteiger partial charge in [-0.25, -0.2) is 0 Å². The van der Waals surface area contributed by atoms with Gasteiger partial charge in [0.25, 0.3) is 0 Å². The van der Waals surface area contributed by atoms with Crippen LogP contribution in [0.15, 0.2) is 57.9 Å². The largest absolute Gasteiger partial charge is 0.346 e. The lowest BCUT2D eigenvalue weighted by atomic mass is 10.1. The van der Waals surface area contributed by atoms with E-state index >= 15 is 0 Å². The number of rotatable bonds is 6. The fourth-order valence-corrected chi connectivity index (χ4v) is 3.32. The van der Waals surface area contributed by atoms with Crippen LogP contribution in [-0.4, -0.2) is 21.3 Å². The molecule has 1 N–H and O–H groups in total. The molecule has 0 aliphatic heterocycles. The third-order valence-corrected chi connectivity index (χ3v) is 5.02. The zero-order chi connectivity index (χ0) is 18.5. The van der Waals surface area contributed by atoms with Crippen molar-refractivity contribution in [3.63, 3.8) is 0 Å². The summed E-state index contributed by atoms with van der Waals surface area (Å²) in [4.78, 5) is 17.6. The first-order chi connectivity index (χ1) is 12.5. The number of nitrogens with one attached hydrogen (secondary N) is 1. The molecule has 0 radical (unpaired) electrons. The molecule has 0 saturated carbocycles. The van der Waals surface area contributed by atoms with Gasteiger partial charge < -0.3 is 9.84 Å². The molecule has 2 aromatic carbocycles. The van der Waals surface area contributed by atoms with Gasteiger partial charge in [0.05, 0.1) is 11.8 Å². The number of thioether (sulfide) groups is 1. The van der Waals surface area contributed by atoms with Gasteiger partial charge in [0, 0.05) is 15.5 Å². The Morgan fingerprint density at radius 3 is 2.77 bits per heavy atom. The lowest BCUT2D eigenvalue weighted by Gasteiger charge is -2.10. The zero-order valence-corrected chi connectivity index (χ0v) is 16.0. The Morgan fingerprint density at radius 1 is 1.27 bits per heavy atom. The van der Waals surface area contributed by atoms with E-state index in [0.717, 1.165) is 16.0 Å². The zero-order valence-electron chi connectivity index (χ0n) is 14.4. The predicted octanol–water partition coefficient (Wildman–Crippen LogP) is 4.50. The number of benzene rings is 2. The van der Waals surface area contributed by atoms with E-state index in [1.54, 1.807) is 12.1 Å². The predicted molar refractivity (Wildman–Crippen MR) is 103 cm³/mol. The van der Waals surface area contributed by atoms with Crippen LogP contribution in [0.25, 0.3) is 11.4 Å². The molecule has 1 atom stereocenters. The van der Waals surface area contributed by atoms with E-state index in [1.807, 2.05) is 50.2 Å². The van der Waals surface area contributed by atoms with Crippen LogP contribution < -0.4 is 5.32 Å². The molecule has 1 aromatic heterocycles. The summed E-state index contributed by atoms with van der Waals surface area (Å²) < 4.78 is 5.22. The Hall–Kier alpha value is -2.31. The van der Waals surface area contributed by atoms with Gasteiger partial charge in [0.15, 0.2) is 0 Å². The van der Waals surface area contributed by atoms with Gasteiger partial charge in [0.1, 0.15) is 0 Å². The van der Waals surface area contributed by atoms with Crippen LogP contribution in [0.2, 0.25) is 5.02 Å². The van der Waals surface area contributed by atoms with Gasteiger partial charge in [-0.2, -0.15) is 4.98 Å². The van der Waals surface area contributed by atoms with Crippen molar-refractivity contribution in [1.82, 2.24) is 15.5 Å². The van der Waals surface area contributed by atoms with Crippen molar-refractivity contribution in [3.8, 4) is 11.4 Å². The third kappa shape index (κ3) is 4.86. The highest BCUT2D eigenvalue weighted by molar-refractivity contribution is 8.00. The molecular formula is C19H18ClN3O2S. The van der Waals surface area contributed by atoms with Crippen molar-refractivity contribution in [2.45, 2.75) is 30.5 Å². The Kier molecular flexibility index (Phi) is 5.96. The van der Waals surface area contributed by atoms with Gasteiger partial charge in [-0.3, -0.25) is 4.79 Å². The maximum absolute atomic E-state index is 12.3. The third-order valence-electron chi connectivity index (χ3n) is 3.65. The Bertz CT molecular complexity index is 896. The highest BCUT2D eigenvalue weighted by atomic mass is 35.5. The molecule has 0 bridgehead atoms. The monoisotopic (exact) mass is 387 g/mol. The van der Waals surface area contributed by atoms with Gasteiger partial charge in [-0.15, -0.1) is 11.8 Å². The van der Waals surface area contributed by atoms with Crippen LogP contribution in [0.5, 0.6) is 0 Å². The normalized spacial score (nSPS) is 12.0. The second-order valence-corrected chi connectivity index (χ2v) is 7.66. The summed E-state index contributed by atoms with van der Waals surface area (Å²) in [7, 11) is 0. The second kappa shape index (κ2) is 8.38. The van der Waals surface area contributed by atoms with Crippen LogP contribution in [0.4, 0.5) is 0 Å². The quantitative estimate of drug-likeness (QED) is 0.631. The average molecular weight is 388 g/mol. The van der Waals surface area contributed by atoms with Crippen LogP contribution in [-0.2, 0) is 11.3 Å². The van der Waals surface area contributed by atoms with Gasteiger partial charge >= 0.3 is 0 Å². The summed E-state index contributed by atoms with van der Waals surface area (Å²) >= 11 is 7.33. The van der Waals surface area contributed by atoms with E-state index in [1.165, 1.54) is 11.8 Å². The van der Waals surface area contributed by atoms with Crippen LogP contribution in [0.3, 0.4) is 0 Å². The van der Waals surface area contributed by atoms with Crippen LogP contribution in [0.1, 0.15) is 18.4 Å². The Balaban J connectivity index is 1.55. The summed E-state index contributed by atoms with van der Waals surface area (Å²) in [6.45, 7) is 4.05. The maximum Gasteiger partial charge on any atom is 0.246 e. The second-order valence-electron chi connectivity index (χ2n) is 5.81. The van der Waals surface area contributed by atoms with E-state index in [-0.39, 0.29) is 17.7 Å². The number of aryl methyl sites for hydroxylation is 1. The first-order valence-electron chi connectivity index (χ1n) is 8.11. The molecule has 3 aromatic rings. The number of aromatic nitrogens is 2. The minimum Gasteiger partial charge on any atom is -0.346 e. The number of amides is 1. The topological polar surface area (TPSA) is 68.0 Å². The Morgan fingerprint density at radius 2 is 2.04 bits per heavy atom. The van der Waals surface area contributed by atoms with E-state index in [9.17, 15) is 4.79 Å².